The van der Waals surface area contributed by atoms with Crippen molar-refractivity contribution in [3.05, 3.63) is 11.6 Å². The summed E-state index contributed by atoms with van der Waals surface area (Å²) in [6.45, 7) is 1.92. The van der Waals surface area contributed by atoms with Crippen LogP contribution in [0.25, 0.3) is 0 Å². The number of carbonyl (C=O) groups is 1. The Hall–Kier alpha value is -0.600. The quantitative estimate of drug-likeness (QED) is 0.238. The molecule has 0 unspecified atom stereocenters. The van der Waals surface area contributed by atoms with Crippen LogP contribution in [-0.2, 0) is 9.53 Å². The third-order valence-corrected chi connectivity index (χ3v) is 1.23. The molecule has 0 aromatic heterocycles. The lowest BCUT2D eigenvalue weighted by Crippen LogP contribution is -2.07. The Morgan fingerprint density at radius 1 is 1.75 bits per heavy atom. The summed E-state index contributed by atoms with van der Waals surface area (Å²) in [6, 6.07) is 1.71. The number of nitriles is 1. The SMILES string of the molecule is CCOC(=O)/C(C#N)=C/C(S)S. The normalized spacial score (nSPS) is 11.1. The Labute approximate surface area is 82.2 Å². The van der Waals surface area contributed by atoms with Crippen LogP contribution in [0.2, 0.25) is 0 Å². The number of thiol groups is 2. The van der Waals surface area contributed by atoms with Gasteiger partial charge in [0, 0.05) is 0 Å². The Morgan fingerprint density at radius 2 is 2.33 bits per heavy atom. The molecule has 0 bridgehead atoms. The van der Waals surface area contributed by atoms with Gasteiger partial charge in [0.2, 0.25) is 0 Å². The summed E-state index contributed by atoms with van der Waals surface area (Å²) in [5, 5.41) is 8.48. The molecule has 0 aliphatic carbocycles. The molecule has 0 aliphatic rings. The molecule has 0 radical (unpaired) electrons. The molecular formula is C7H9NO2S2. The summed E-state index contributed by atoms with van der Waals surface area (Å²) in [4.78, 5) is 10.9. The van der Waals surface area contributed by atoms with Gasteiger partial charge in [0.05, 0.1) is 11.2 Å². The summed E-state index contributed by atoms with van der Waals surface area (Å²) < 4.78 is 4.17. The van der Waals surface area contributed by atoms with Gasteiger partial charge >= 0.3 is 5.97 Å². The highest BCUT2D eigenvalue weighted by molar-refractivity contribution is 7.99. The van der Waals surface area contributed by atoms with Crippen LogP contribution in [0.3, 0.4) is 0 Å². The average molecular weight is 203 g/mol. The first kappa shape index (κ1) is 11.4. The van der Waals surface area contributed by atoms with E-state index in [1.807, 2.05) is 0 Å². The van der Waals surface area contributed by atoms with E-state index in [4.69, 9.17) is 5.26 Å². The molecule has 12 heavy (non-hydrogen) atoms. The third kappa shape index (κ3) is 4.31. The number of hydrogen-bond acceptors (Lipinski definition) is 5. The summed E-state index contributed by atoms with van der Waals surface area (Å²) >= 11 is 7.77. The van der Waals surface area contributed by atoms with Gasteiger partial charge in [-0.05, 0) is 13.0 Å². The first-order valence-corrected chi connectivity index (χ1v) is 4.30. The molecule has 0 fully saturated rings. The molecule has 0 atom stereocenters. The molecule has 0 rings (SSSR count). The predicted molar refractivity (Wildman–Crippen MR) is 52.1 cm³/mol. The number of nitrogens with zero attached hydrogens (tertiary/aromatic N) is 1. The average Bonchev–Trinajstić information content (AvgIpc) is 2.00. The molecule has 0 saturated heterocycles. The Bertz CT molecular complexity index is 230. The molecule has 0 heterocycles. The zero-order valence-electron chi connectivity index (χ0n) is 6.52. The first-order chi connectivity index (χ1) is 5.61. The summed E-state index contributed by atoms with van der Waals surface area (Å²) in [5.74, 6) is -0.631. The van der Waals surface area contributed by atoms with Crippen molar-refractivity contribution < 1.29 is 9.53 Å². The van der Waals surface area contributed by atoms with Crippen molar-refractivity contribution in [3.8, 4) is 6.07 Å². The number of hydrogen-bond donors (Lipinski definition) is 2. The molecule has 0 aromatic carbocycles. The maximum absolute atomic E-state index is 10.9. The Kier molecular flexibility index (Phi) is 5.68. The van der Waals surface area contributed by atoms with Gasteiger partial charge in [-0.1, -0.05) is 0 Å². The lowest BCUT2D eigenvalue weighted by Gasteiger charge is -1.99. The first-order valence-electron chi connectivity index (χ1n) is 3.27. The van der Waals surface area contributed by atoms with Crippen LogP contribution in [0.5, 0.6) is 0 Å². The van der Waals surface area contributed by atoms with Gasteiger partial charge in [-0.25, -0.2) is 4.79 Å². The summed E-state index contributed by atoms with van der Waals surface area (Å²) in [6.07, 6.45) is 1.32. The second-order valence-corrected chi connectivity index (χ2v) is 3.35. The minimum absolute atomic E-state index is 0.0631. The third-order valence-electron chi connectivity index (χ3n) is 0.932. The van der Waals surface area contributed by atoms with Crippen LogP contribution in [0, 0.1) is 11.3 Å². The zero-order chi connectivity index (χ0) is 9.56. The van der Waals surface area contributed by atoms with Crippen LogP contribution in [0.15, 0.2) is 11.6 Å². The topological polar surface area (TPSA) is 50.1 Å². The maximum Gasteiger partial charge on any atom is 0.348 e. The fourth-order valence-electron chi connectivity index (χ4n) is 0.509. The molecule has 0 amide bonds. The van der Waals surface area contributed by atoms with Gasteiger partial charge in [-0.15, -0.1) is 0 Å². The van der Waals surface area contributed by atoms with Crippen LogP contribution >= 0.6 is 25.3 Å². The number of rotatable bonds is 3. The number of esters is 1. The van der Waals surface area contributed by atoms with Gasteiger partial charge in [0.25, 0.3) is 0 Å². The fourth-order valence-corrected chi connectivity index (χ4v) is 0.807. The van der Waals surface area contributed by atoms with Gasteiger partial charge in [0.15, 0.2) is 0 Å². The lowest BCUT2D eigenvalue weighted by molar-refractivity contribution is -0.138. The minimum Gasteiger partial charge on any atom is -0.462 e. The van der Waals surface area contributed by atoms with E-state index in [-0.39, 0.29) is 12.2 Å². The standard InChI is InChI=1S/C7H9NO2S2/c1-2-10-7(9)5(4-8)3-6(11)12/h3,6,11-12H,2H2,1H3/b5-3+. The summed E-state index contributed by atoms with van der Waals surface area (Å²) in [7, 11) is 0. The van der Waals surface area contributed by atoms with Crippen molar-refractivity contribution in [2.45, 2.75) is 11.5 Å². The van der Waals surface area contributed by atoms with Gasteiger partial charge in [-0.3, -0.25) is 0 Å². The maximum atomic E-state index is 10.9. The van der Waals surface area contributed by atoms with E-state index in [2.05, 4.69) is 30.0 Å². The van der Waals surface area contributed by atoms with E-state index < -0.39 is 10.6 Å². The van der Waals surface area contributed by atoms with Crippen molar-refractivity contribution in [1.82, 2.24) is 0 Å². The molecule has 5 heteroatoms. The van der Waals surface area contributed by atoms with Crippen molar-refractivity contribution in [2.75, 3.05) is 6.61 Å². The van der Waals surface area contributed by atoms with Crippen LogP contribution in [0.1, 0.15) is 6.92 Å². The molecular weight excluding hydrogens is 194 g/mol. The van der Waals surface area contributed by atoms with Crippen LogP contribution in [-0.4, -0.2) is 17.2 Å². The molecule has 66 valence electrons. The van der Waals surface area contributed by atoms with E-state index >= 15 is 0 Å². The minimum atomic E-state index is -0.631. The molecule has 0 N–H and O–H groups in total. The van der Waals surface area contributed by atoms with E-state index in [0.29, 0.717) is 0 Å². The van der Waals surface area contributed by atoms with Gasteiger partial charge in [-0.2, -0.15) is 30.5 Å². The Morgan fingerprint density at radius 3 is 2.67 bits per heavy atom. The second kappa shape index (κ2) is 5.98. The molecule has 0 saturated carbocycles. The largest absolute Gasteiger partial charge is 0.462 e. The highest BCUT2D eigenvalue weighted by atomic mass is 32.2. The highest BCUT2D eigenvalue weighted by Crippen LogP contribution is 2.06. The number of ether oxygens (including phenoxy) is 1. The fraction of sp³-hybridized carbons (Fsp3) is 0.429. The van der Waals surface area contributed by atoms with E-state index in [9.17, 15) is 4.79 Å². The molecule has 0 spiro atoms. The lowest BCUT2D eigenvalue weighted by atomic mass is 10.3. The second-order valence-electron chi connectivity index (χ2n) is 1.83. The van der Waals surface area contributed by atoms with Crippen molar-refractivity contribution in [3.63, 3.8) is 0 Å². The van der Waals surface area contributed by atoms with E-state index in [1.54, 1.807) is 13.0 Å². The van der Waals surface area contributed by atoms with Crippen LogP contribution in [0.4, 0.5) is 0 Å². The van der Waals surface area contributed by atoms with Gasteiger partial charge in [0.1, 0.15) is 11.6 Å². The zero-order valence-corrected chi connectivity index (χ0v) is 8.31. The van der Waals surface area contributed by atoms with Crippen molar-refractivity contribution in [1.29, 1.82) is 5.26 Å². The highest BCUT2D eigenvalue weighted by Gasteiger charge is 2.09. The molecule has 0 aliphatic heterocycles. The van der Waals surface area contributed by atoms with E-state index in [0.717, 1.165) is 0 Å². The smallest absolute Gasteiger partial charge is 0.348 e. The number of carbonyl (C=O) groups excluding carboxylic acids is 1. The summed E-state index contributed by atoms with van der Waals surface area (Å²) in [5.41, 5.74) is -0.0631. The van der Waals surface area contributed by atoms with Crippen molar-refractivity contribution in [2.24, 2.45) is 0 Å². The monoisotopic (exact) mass is 203 g/mol. The molecule has 3 nitrogen and oxygen atoms in total. The van der Waals surface area contributed by atoms with Crippen LogP contribution < -0.4 is 0 Å². The predicted octanol–water partition coefficient (Wildman–Crippen LogP) is 1.19. The van der Waals surface area contributed by atoms with Crippen molar-refractivity contribution >= 4 is 31.2 Å². The van der Waals surface area contributed by atoms with Gasteiger partial charge < -0.3 is 4.74 Å². The van der Waals surface area contributed by atoms with E-state index in [1.165, 1.54) is 6.08 Å². The Balaban J connectivity index is 4.37. The molecule has 0 aromatic rings.